The summed E-state index contributed by atoms with van der Waals surface area (Å²) in [4.78, 5) is 10.6. The first kappa shape index (κ1) is 16.4. The van der Waals surface area contributed by atoms with Crippen molar-refractivity contribution in [3.8, 4) is 0 Å². The average molecular weight is 310 g/mol. The summed E-state index contributed by atoms with van der Waals surface area (Å²) < 4.78 is 62.9. The maximum absolute atomic E-state index is 12.5. The molecular formula is C11H13F3N2O3S. The highest BCUT2D eigenvalue weighted by Crippen LogP contribution is 2.30. The monoisotopic (exact) mass is 310 g/mol. The third-order valence-corrected chi connectivity index (χ3v) is 3.67. The Kier molecular flexibility index (Phi) is 5.12. The minimum Gasteiger partial charge on any atom is -0.355 e. The number of nitrogens with one attached hydrogen (secondary N) is 2. The number of alkyl halides is 3. The van der Waals surface area contributed by atoms with E-state index >= 15 is 0 Å². The summed E-state index contributed by atoms with van der Waals surface area (Å²) in [7, 11) is -4.17. The maximum Gasteiger partial charge on any atom is 0.416 e. The molecule has 0 aromatic heterocycles. The van der Waals surface area contributed by atoms with Crippen LogP contribution >= 0.6 is 0 Å². The average Bonchev–Trinajstić information content (AvgIpc) is 2.36. The van der Waals surface area contributed by atoms with Crippen molar-refractivity contribution < 1.29 is 26.4 Å². The van der Waals surface area contributed by atoms with Crippen molar-refractivity contribution in [1.82, 2.24) is 10.0 Å². The van der Waals surface area contributed by atoms with Gasteiger partial charge in [0.15, 0.2) is 0 Å². The van der Waals surface area contributed by atoms with E-state index in [9.17, 15) is 26.4 Å². The second kappa shape index (κ2) is 6.23. The third-order valence-electron chi connectivity index (χ3n) is 2.27. The molecule has 0 saturated heterocycles. The van der Waals surface area contributed by atoms with Crippen molar-refractivity contribution in [2.75, 3.05) is 13.1 Å². The van der Waals surface area contributed by atoms with Crippen LogP contribution in [0, 0.1) is 0 Å². The number of halogens is 3. The SMILES string of the molecule is CCNC(=O)CNS(=O)(=O)c1cccc(C(F)(F)F)c1. The third kappa shape index (κ3) is 4.49. The number of carbonyl (C=O) groups excluding carboxylic acids is 1. The molecule has 9 heteroatoms. The Morgan fingerprint density at radius 1 is 1.30 bits per heavy atom. The van der Waals surface area contributed by atoms with Crippen LogP contribution in [0.15, 0.2) is 29.2 Å². The van der Waals surface area contributed by atoms with Gasteiger partial charge in [-0.25, -0.2) is 13.1 Å². The predicted octanol–water partition coefficient (Wildman–Crippen LogP) is 1.12. The van der Waals surface area contributed by atoms with Gasteiger partial charge in [0.2, 0.25) is 15.9 Å². The van der Waals surface area contributed by atoms with Crippen LogP contribution in [-0.2, 0) is 21.0 Å². The highest BCUT2D eigenvalue weighted by Gasteiger charge is 2.31. The molecule has 0 heterocycles. The summed E-state index contributed by atoms with van der Waals surface area (Å²) in [6.07, 6.45) is -4.63. The molecule has 1 aromatic carbocycles. The van der Waals surface area contributed by atoms with Gasteiger partial charge in [-0.05, 0) is 25.1 Å². The standard InChI is InChI=1S/C11H13F3N2O3S/c1-2-15-10(17)7-16-20(18,19)9-5-3-4-8(6-9)11(12,13)14/h3-6,16H,2,7H2,1H3,(H,15,17). The second-order valence-electron chi connectivity index (χ2n) is 3.80. The molecule has 0 spiro atoms. The van der Waals surface area contributed by atoms with Gasteiger partial charge in [0.1, 0.15) is 0 Å². The number of amides is 1. The zero-order valence-corrected chi connectivity index (χ0v) is 11.3. The lowest BCUT2D eigenvalue weighted by molar-refractivity contribution is -0.137. The van der Waals surface area contributed by atoms with Crippen LogP contribution in [0.1, 0.15) is 12.5 Å². The zero-order chi connectivity index (χ0) is 15.4. The van der Waals surface area contributed by atoms with Crippen molar-refractivity contribution in [2.45, 2.75) is 18.0 Å². The summed E-state index contributed by atoms with van der Waals surface area (Å²) in [6.45, 7) is 1.44. The first-order valence-corrected chi connectivity index (χ1v) is 7.08. The van der Waals surface area contributed by atoms with Crippen LogP contribution in [0.3, 0.4) is 0 Å². The number of carbonyl (C=O) groups is 1. The Balaban J connectivity index is 2.91. The molecule has 0 aliphatic carbocycles. The van der Waals surface area contributed by atoms with E-state index in [0.29, 0.717) is 12.6 Å². The van der Waals surface area contributed by atoms with Crippen LogP contribution in [0.5, 0.6) is 0 Å². The molecule has 0 unspecified atom stereocenters. The lowest BCUT2D eigenvalue weighted by Crippen LogP contribution is -2.36. The molecule has 0 radical (unpaired) electrons. The van der Waals surface area contributed by atoms with Gasteiger partial charge in [0, 0.05) is 6.54 Å². The predicted molar refractivity (Wildman–Crippen MR) is 65.3 cm³/mol. The van der Waals surface area contributed by atoms with E-state index in [1.165, 1.54) is 0 Å². The van der Waals surface area contributed by atoms with Crippen LogP contribution in [-0.4, -0.2) is 27.4 Å². The number of sulfonamides is 1. The molecular weight excluding hydrogens is 297 g/mol. The molecule has 0 atom stereocenters. The largest absolute Gasteiger partial charge is 0.416 e. The smallest absolute Gasteiger partial charge is 0.355 e. The van der Waals surface area contributed by atoms with E-state index in [2.05, 4.69) is 5.32 Å². The van der Waals surface area contributed by atoms with Crippen LogP contribution in [0.4, 0.5) is 13.2 Å². The Hall–Kier alpha value is -1.61. The number of benzene rings is 1. The van der Waals surface area contributed by atoms with Crippen LogP contribution in [0.25, 0.3) is 0 Å². The highest BCUT2D eigenvalue weighted by molar-refractivity contribution is 7.89. The fraction of sp³-hybridized carbons (Fsp3) is 0.364. The molecule has 0 fully saturated rings. The summed E-state index contributed by atoms with van der Waals surface area (Å²) in [6, 6.07) is 3.29. The molecule has 0 aliphatic heterocycles. The van der Waals surface area contributed by atoms with Gasteiger partial charge < -0.3 is 5.32 Å². The molecule has 5 nitrogen and oxygen atoms in total. The van der Waals surface area contributed by atoms with Gasteiger partial charge in [-0.1, -0.05) is 6.07 Å². The molecule has 20 heavy (non-hydrogen) atoms. The number of hydrogen-bond acceptors (Lipinski definition) is 3. The lowest BCUT2D eigenvalue weighted by Gasteiger charge is -2.10. The van der Waals surface area contributed by atoms with Crippen molar-refractivity contribution in [1.29, 1.82) is 0 Å². The van der Waals surface area contributed by atoms with Gasteiger partial charge in [-0.15, -0.1) is 0 Å². The summed E-state index contributed by atoms with van der Waals surface area (Å²) in [5.41, 5.74) is -1.07. The summed E-state index contributed by atoms with van der Waals surface area (Å²) in [5.74, 6) is -0.567. The van der Waals surface area contributed by atoms with E-state index in [4.69, 9.17) is 0 Å². The van der Waals surface area contributed by atoms with E-state index in [1.54, 1.807) is 6.92 Å². The van der Waals surface area contributed by atoms with Crippen LogP contribution < -0.4 is 10.0 Å². The molecule has 1 rings (SSSR count). The Labute approximate surface area is 114 Å². The van der Waals surface area contributed by atoms with Crippen molar-refractivity contribution in [3.63, 3.8) is 0 Å². The molecule has 0 saturated carbocycles. The highest BCUT2D eigenvalue weighted by atomic mass is 32.2. The second-order valence-corrected chi connectivity index (χ2v) is 5.57. The first-order chi connectivity index (χ1) is 9.16. The fourth-order valence-corrected chi connectivity index (χ4v) is 2.37. The van der Waals surface area contributed by atoms with Gasteiger partial charge in [-0.3, -0.25) is 4.79 Å². The maximum atomic E-state index is 12.5. The Morgan fingerprint density at radius 3 is 2.50 bits per heavy atom. The number of rotatable bonds is 5. The number of likely N-dealkylation sites (N-methyl/N-ethyl adjacent to an activating group) is 1. The van der Waals surface area contributed by atoms with Crippen molar-refractivity contribution in [2.24, 2.45) is 0 Å². The van der Waals surface area contributed by atoms with E-state index < -0.39 is 39.1 Å². The van der Waals surface area contributed by atoms with Crippen LogP contribution in [0.2, 0.25) is 0 Å². The first-order valence-electron chi connectivity index (χ1n) is 5.60. The van der Waals surface area contributed by atoms with E-state index in [0.717, 1.165) is 18.2 Å². The van der Waals surface area contributed by atoms with Gasteiger partial charge in [-0.2, -0.15) is 13.2 Å². The summed E-state index contributed by atoms with van der Waals surface area (Å²) >= 11 is 0. The zero-order valence-electron chi connectivity index (χ0n) is 10.5. The fourth-order valence-electron chi connectivity index (χ4n) is 1.34. The quantitative estimate of drug-likeness (QED) is 0.856. The molecule has 2 N–H and O–H groups in total. The molecule has 0 bridgehead atoms. The van der Waals surface area contributed by atoms with Gasteiger partial charge >= 0.3 is 6.18 Å². The van der Waals surface area contributed by atoms with E-state index in [-0.39, 0.29) is 0 Å². The molecule has 112 valence electrons. The Bertz CT molecular complexity index is 585. The normalized spacial score (nSPS) is 12.2. The molecule has 0 aliphatic rings. The topological polar surface area (TPSA) is 75.3 Å². The minimum atomic E-state index is -4.63. The summed E-state index contributed by atoms with van der Waals surface area (Å²) in [5, 5.41) is 2.36. The van der Waals surface area contributed by atoms with Gasteiger partial charge in [0.25, 0.3) is 0 Å². The van der Waals surface area contributed by atoms with Crippen molar-refractivity contribution >= 4 is 15.9 Å². The molecule has 1 aromatic rings. The van der Waals surface area contributed by atoms with Gasteiger partial charge in [0.05, 0.1) is 17.0 Å². The van der Waals surface area contributed by atoms with E-state index in [1.807, 2.05) is 4.72 Å². The lowest BCUT2D eigenvalue weighted by atomic mass is 10.2. The number of hydrogen-bond donors (Lipinski definition) is 2. The molecule has 1 amide bonds. The van der Waals surface area contributed by atoms with Crippen molar-refractivity contribution in [3.05, 3.63) is 29.8 Å². The minimum absolute atomic E-state index is 0.324. The Morgan fingerprint density at radius 2 is 1.95 bits per heavy atom.